The van der Waals surface area contributed by atoms with E-state index in [-0.39, 0.29) is 11.9 Å². The Labute approximate surface area is 161 Å². The molecule has 0 unspecified atom stereocenters. The fourth-order valence-electron chi connectivity index (χ4n) is 3.32. The summed E-state index contributed by atoms with van der Waals surface area (Å²) in [5.41, 5.74) is 0.618. The van der Waals surface area contributed by atoms with Crippen molar-refractivity contribution in [2.75, 3.05) is 31.3 Å². The highest BCUT2D eigenvalue weighted by Crippen LogP contribution is 2.34. The van der Waals surface area contributed by atoms with Gasteiger partial charge in [0.05, 0.1) is 6.26 Å². The van der Waals surface area contributed by atoms with Crippen LogP contribution in [-0.2, 0) is 14.8 Å². The van der Waals surface area contributed by atoms with Crippen molar-refractivity contribution in [2.24, 2.45) is 0 Å². The molecule has 1 saturated heterocycles. The fraction of sp³-hybridized carbons (Fsp3) is 0.471. The second kappa shape index (κ2) is 7.40. The summed E-state index contributed by atoms with van der Waals surface area (Å²) in [6, 6.07) is 4.35. The van der Waals surface area contributed by atoms with Crippen LogP contribution in [0.25, 0.3) is 11.5 Å². The molecule has 1 aromatic carbocycles. The van der Waals surface area contributed by atoms with E-state index in [0.717, 1.165) is 19.1 Å². The number of fused-ring (bicyclic) bond motifs is 1. The van der Waals surface area contributed by atoms with Crippen LogP contribution in [0.2, 0.25) is 0 Å². The number of hydrogen-bond acceptors (Lipinski definition) is 8. The van der Waals surface area contributed by atoms with E-state index in [1.807, 2.05) is 0 Å². The van der Waals surface area contributed by atoms with Gasteiger partial charge in [0.1, 0.15) is 19.3 Å². The Bertz CT molecular complexity index is 989. The van der Waals surface area contributed by atoms with E-state index in [1.54, 1.807) is 18.2 Å². The topological polar surface area (TPSA) is 124 Å². The zero-order chi connectivity index (χ0) is 19.7. The predicted octanol–water partition coefficient (Wildman–Crippen LogP) is 1.26. The molecule has 2 aliphatic rings. The van der Waals surface area contributed by atoms with Crippen LogP contribution in [0.1, 0.15) is 19.3 Å². The maximum atomic E-state index is 12.6. The number of nitrogens with zero attached hydrogens (tertiary/aromatic N) is 3. The van der Waals surface area contributed by atoms with E-state index >= 15 is 0 Å². The number of nitrogens with one attached hydrogen (secondary N) is 1. The summed E-state index contributed by atoms with van der Waals surface area (Å²) in [6.45, 7) is 1.28. The second-order valence-corrected chi connectivity index (χ2v) is 8.58. The summed E-state index contributed by atoms with van der Waals surface area (Å²) in [6.07, 6.45) is 3.05. The maximum absolute atomic E-state index is 12.6. The molecule has 0 aliphatic carbocycles. The van der Waals surface area contributed by atoms with Gasteiger partial charge in [-0.05, 0) is 31.0 Å². The Hall–Kier alpha value is -2.66. The molecule has 1 atom stereocenters. The van der Waals surface area contributed by atoms with Crippen molar-refractivity contribution in [1.29, 1.82) is 0 Å². The van der Waals surface area contributed by atoms with Crippen molar-refractivity contribution in [3.8, 4) is 23.0 Å². The van der Waals surface area contributed by atoms with E-state index in [4.69, 9.17) is 13.9 Å². The Kier molecular flexibility index (Phi) is 4.94. The fourth-order valence-corrected chi connectivity index (χ4v) is 4.44. The average molecular weight is 408 g/mol. The van der Waals surface area contributed by atoms with Crippen molar-refractivity contribution < 1.29 is 27.1 Å². The summed E-state index contributed by atoms with van der Waals surface area (Å²) in [5, 5.41) is 10.3. The van der Waals surface area contributed by atoms with Crippen molar-refractivity contribution in [3.05, 3.63) is 18.2 Å². The van der Waals surface area contributed by atoms with Crippen LogP contribution in [0.15, 0.2) is 22.6 Å². The van der Waals surface area contributed by atoms with E-state index in [9.17, 15) is 13.2 Å². The SMILES string of the molecule is CS(=O)(=O)N1CCCC[C@H]1C(=O)Nc1nnc(-c2ccc3c(c2)OCCO3)o1. The summed E-state index contributed by atoms with van der Waals surface area (Å²) < 4.78 is 41.6. The number of aromatic nitrogens is 2. The molecule has 1 amide bonds. The van der Waals surface area contributed by atoms with Crippen molar-refractivity contribution >= 4 is 21.9 Å². The number of rotatable bonds is 4. The molecule has 0 spiro atoms. The number of carbonyl (C=O) groups is 1. The molecular weight excluding hydrogens is 388 g/mol. The molecule has 1 aromatic heterocycles. The smallest absolute Gasteiger partial charge is 0.322 e. The summed E-state index contributed by atoms with van der Waals surface area (Å²) in [4.78, 5) is 12.6. The molecule has 0 bridgehead atoms. The Morgan fingerprint density at radius 1 is 1.18 bits per heavy atom. The van der Waals surface area contributed by atoms with Gasteiger partial charge in [0.15, 0.2) is 11.5 Å². The monoisotopic (exact) mass is 408 g/mol. The normalized spacial score (nSPS) is 20.0. The lowest BCUT2D eigenvalue weighted by Gasteiger charge is -2.32. The van der Waals surface area contributed by atoms with Crippen LogP contribution in [-0.4, -0.2) is 60.9 Å². The molecule has 11 heteroatoms. The standard InChI is InChI=1S/C17H20N4O6S/c1-28(23,24)21-7-3-2-4-12(21)15(22)18-17-20-19-16(27-17)11-5-6-13-14(10-11)26-9-8-25-13/h5-6,10,12H,2-4,7-9H2,1H3,(H,18,20,22)/t12-/m0/s1. The van der Waals surface area contributed by atoms with E-state index < -0.39 is 22.0 Å². The number of benzene rings is 1. The molecule has 3 heterocycles. The molecule has 1 fully saturated rings. The van der Waals surface area contributed by atoms with Gasteiger partial charge < -0.3 is 13.9 Å². The van der Waals surface area contributed by atoms with Crippen LogP contribution < -0.4 is 14.8 Å². The van der Waals surface area contributed by atoms with Crippen molar-refractivity contribution in [2.45, 2.75) is 25.3 Å². The number of amides is 1. The average Bonchev–Trinajstić information content (AvgIpc) is 3.15. The molecule has 150 valence electrons. The van der Waals surface area contributed by atoms with E-state index in [0.29, 0.717) is 43.2 Å². The molecule has 10 nitrogen and oxygen atoms in total. The van der Waals surface area contributed by atoms with Crippen LogP contribution >= 0.6 is 0 Å². The van der Waals surface area contributed by atoms with E-state index in [1.165, 1.54) is 4.31 Å². The van der Waals surface area contributed by atoms with Gasteiger partial charge >= 0.3 is 6.01 Å². The van der Waals surface area contributed by atoms with E-state index in [2.05, 4.69) is 15.5 Å². The minimum Gasteiger partial charge on any atom is -0.486 e. The first-order valence-electron chi connectivity index (χ1n) is 8.93. The van der Waals surface area contributed by atoms with Crippen LogP contribution in [0, 0.1) is 0 Å². The predicted molar refractivity (Wildman–Crippen MR) is 98.5 cm³/mol. The minimum atomic E-state index is -3.48. The molecule has 4 rings (SSSR count). The van der Waals surface area contributed by atoms with Gasteiger partial charge in [0.2, 0.25) is 21.8 Å². The second-order valence-electron chi connectivity index (χ2n) is 6.65. The van der Waals surface area contributed by atoms with Gasteiger partial charge in [-0.25, -0.2) is 8.42 Å². The molecular formula is C17H20N4O6S. The number of anilines is 1. The minimum absolute atomic E-state index is 0.0890. The molecule has 2 aromatic rings. The van der Waals surface area contributed by atoms with Gasteiger partial charge in [-0.3, -0.25) is 10.1 Å². The lowest BCUT2D eigenvalue weighted by Crippen LogP contribution is -2.49. The first kappa shape index (κ1) is 18.7. The molecule has 1 N–H and O–H groups in total. The first-order chi connectivity index (χ1) is 13.4. The zero-order valence-corrected chi connectivity index (χ0v) is 16.1. The third kappa shape index (κ3) is 3.80. The number of carbonyl (C=O) groups excluding carboxylic acids is 1. The quantitative estimate of drug-likeness (QED) is 0.802. The van der Waals surface area contributed by atoms with Gasteiger partial charge in [-0.1, -0.05) is 11.5 Å². The highest BCUT2D eigenvalue weighted by molar-refractivity contribution is 7.88. The van der Waals surface area contributed by atoms with Gasteiger partial charge in [-0.2, -0.15) is 4.31 Å². The highest BCUT2D eigenvalue weighted by Gasteiger charge is 2.35. The molecule has 0 saturated carbocycles. The Morgan fingerprint density at radius 2 is 1.96 bits per heavy atom. The first-order valence-corrected chi connectivity index (χ1v) is 10.8. The maximum Gasteiger partial charge on any atom is 0.322 e. The summed E-state index contributed by atoms with van der Waals surface area (Å²) >= 11 is 0. The Morgan fingerprint density at radius 3 is 2.75 bits per heavy atom. The molecule has 28 heavy (non-hydrogen) atoms. The summed E-state index contributed by atoms with van der Waals surface area (Å²) in [7, 11) is -3.48. The van der Waals surface area contributed by atoms with Gasteiger partial charge in [-0.15, -0.1) is 5.10 Å². The van der Waals surface area contributed by atoms with Crippen LogP contribution in [0.4, 0.5) is 6.01 Å². The molecule has 2 aliphatic heterocycles. The van der Waals surface area contributed by atoms with Crippen molar-refractivity contribution in [1.82, 2.24) is 14.5 Å². The number of ether oxygens (including phenoxy) is 2. The van der Waals surface area contributed by atoms with Crippen LogP contribution in [0.3, 0.4) is 0 Å². The third-order valence-corrected chi connectivity index (χ3v) is 5.92. The van der Waals surface area contributed by atoms with Crippen molar-refractivity contribution in [3.63, 3.8) is 0 Å². The lowest BCUT2D eigenvalue weighted by atomic mass is 10.0. The largest absolute Gasteiger partial charge is 0.486 e. The Balaban J connectivity index is 1.49. The lowest BCUT2D eigenvalue weighted by molar-refractivity contribution is -0.120. The number of sulfonamides is 1. The van der Waals surface area contributed by atoms with Gasteiger partial charge in [0.25, 0.3) is 0 Å². The zero-order valence-electron chi connectivity index (χ0n) is 15.3. The number of piperidine rings is 1. The molecule has 0 radical (unpaired) electrons. The third-order valence-electron chi connectivity index (χ3n) is 4.63. The van der Waals surface area contributed by atoms with Crippen LogP contribution in [0.5, 0.6) is 11.5 Å². The highest BCUT2D eigenvalue weighted by atomic mass is 32.2. The van der Waals surface area contributed by atoms with Gasteiger partial charge in [0, 0.05) is 12.1 Å². The number of hydrogen-bond donors (Lipinski definition) is 1. The summed E-state index contributed by atoms with van der Waals surface area (Å²) in [5.74, 6) is 0.943.